The smallest absolute Gasteiger partial charge is 0.558 e. The van der Waals surface area contributed by atoms with Crippen molar-refractivity contribution in [2.24, 2.45) is 0 Å². The molecule has 12 heteroatoms. The number of aliphatic hydroxyl groups excluding tert-OH is 1. The van der Waals surface area contributed by atoms with Gasteiger partial charge >= 0.3 is 36.3 Å². The summed E-state index contributed by atoms with van der Waals surface area (Å²) in [5.41, 5.74) is -0.0171. The van der Waals surface area contributed by atoms with Crippen molar-refractivity contribution >= 4 is 16.9 Å². The van der Waals surface area contributed by atoms with Crippen LogP contribution in [0.15, 0.2) is 30.3 Å². The first kappa shape index (κ1) is 26.0. The molecule has 0 aliphatic carbocycles. The van der Waals surface area contributed by atoms with Crippen LogP contribution < -0.4 is 34.9 Å². The van der Waals surface area contributed by atoms with Crippen molar-refractivity contribution in [2.75, 3.05) is 32.1 Å². The van der Waals surface area contributed by atoms with E-state index in [2.05, 4.69) is 5.32 Å². The minimum absolute atomic E-state index is 0. The van der Waals surface area contributed by atoms with E-state index in [-0.39, 0.29) is 74.7 Å². The molecule has 0 saturated carbocycles. The van der Waals surface area contributed by atoms with Crippen molar-refractivity contribution in [1.82, 2.24) is 5.32 Å². The molecule has 2 rings (SSSR count). The molecule has 0 bridgehead atoms. The number of benzene rings is 1. The van der Waals surface area contributed by atoms with Crippen molar-refractivity contribution in [1.29, 1.82) is 0 Å². The number of rotatable bonds is 10. The van der Waals surface area contributed by atoms with Crippen LogP contribution in [0.25, 0.3) is 0 Å². The predicted octanol–water partition coefficient (Wildman–Crippen LogP) is -3.29. The normalized spacial score (nSPS) is 26.4. The number of hydrogen-bond acceptors (Lipinski definition) is 8. The van der Waals surface area contributed by atoms with E-state index in [0.29, 0.717) is 0 Å². The van der Waals surface area contributed by atoms with Crippen LogP contribution in [0.4, 0.5) is 0 Å². The van der Waals surface area contributed by atoms with Gasteiger partial charge in [-0.3, -0.25) is 4.55 Å². The summed E-state index contributed by atoms with van der Waals surface area (Å²) in [5, 5.41) is 23.2. The van der Waals surface area contributed by atoms with E-state index >= 15 is 0 Å². The summed E-state index contributed by atoms with van der Waals surface area (Å²) < 4.78 is 46.9. The molecule has 9 nitrogen and oxygen atoms in total. The minimum Gasteiger partial charge on any atom is -0.558 e. The fourth-order valence-electron chi connectivity index (χ4n) is 2.70. The van der Waals surface area contributed by atoms with Crippen LogP contribution >= 0.6 is 0 Å². The summed E-state index contributed by atoms with van der Waals surface area (Å²) in [6.45, 7) is -0.934. The molecular weight excluding hydrogens is 400 g/mol. The van der Waals surface area contributed by atoms with Crippen LogP contribution in [0.3, 0.4) is 0 Å². The van der Waals surface area contributed by atoms with E-state index in [9.17, 15) is 18.5 Å². The first-order valence-electron chi connectivity index (χ1n) is 8.79. The van der Waals surface area contributed by atoms with Crippen molar-refractivity contribution < 1.29 is 66.7 Å². The Kier molecular flexibility index (Phi) is 10.6. The van der Waals surface area contributed by atoms with Crippen LogP contribution in [0, 0.1) is 0 Å². The number of hydrogen-bond donors (Lipinski definition) is 4. The van der Waals surface area contributed by atoms with Gasteiger partial charge in [0.25, 0.3) is 10.1 Å². The summed E-state index contributed by atoms with van der Waals surface area (Å²) in [6, 6.07) is 8.76. The number of aliphatic hydroxyl groups is 1. The Bertz CT molecular complexity index is 685. The van der Waals surface area contributed by atoms with Crippen LogP contribution in [-0.4, -0.2) is 73.5 Å². The molecule has 154 valence electrons. The molecule has 0 aromatic heterocycles. The van der Waals surface area contributed by atoms with E-state index in [1.165, 1.54) is 0 Å². The molecule has 1 heterocycles. The van der Waals surface area contributed by atoms with Gasteiger partial charge in [0.05, 0.1) is 24.5 Å². The zero-order chi connectivity index (χ0) is 20.0. The second-order valence-corrected chi connectivity index (χ2v) is 8.43. The Labute approximate surface area is 187 Å². The molecule has 1 aromatic rings. The van der Waals surface area contributed by atoms with Crippen molar-refractivity contribution in [3.8, 4) is 0 Å². The van der Waals surface area contributed by atoms with Crippen LogP contribution in [-0.2, 0) is 30.8 Å². The van der Waals surface area contributed by atoms with Gasteiger partial charge in [0.15, 0.2) is 0 Å². The largest absolute Gasteiger partial charge is 1.00 e. The van der Waals surface area contributed by atoms with Gasteiger partial charge in [0.2, 0.25) is 0 Å². The molecule has 1 aliphatic rings. The summed E-state index contributed by atoms with van der Waals surface area (Å²) in [6.07, 6.45) is 0.159. The van der Waals surface area contributed by atoms with Gasteiger partial charge in [-0.2, -0.15) is 8.42 Å². The number of ether oxygens (including phenoxy) is 1. The molecule has 28 heavy (non-hydrogen) atoms. The summed E-state index contributed by atoms with van der Waals surface area (Å²) >= 11 is 0. The van der Waals surface area contributed by atoms with E-state index < -0.39 is 28.4 Å². The Morgan fingerprint density at radius 3 is 2.43 bits per heavy atom. The zero-order valence-corrected chi connectivity index (χ0v) is 19.1. The van der Waals surface area contributed by atoms with Crippen molar-refractivity contribution in [3.05, 3.63) is 35.9 Å². The Morgan fingerprint density at radius 2 is 1.89 bits per heavy atom. The first-order valence-corrected chi connectivity index (χ1v) is 10.4. The maximum absolute atomic E-state index is 10.7. The molecule has 1 aromatic carbocycles. The van der Waals surface area contributed by atoms with E-state index in [1.54, 1.807) is 6.92 Å². The van der Waals surface area contributed by atoms with Gasteiger partial charge < -0.3 is 29.5 Å². The van der Waals surface area contributed by atoms with Crippen LogP contribution in [0.5, 0.6) is 0 Å². The third-order valence-electron chi connectivity index (χ3n) is 4.53. The zero-order valence-electron chi connectivity index (χ0n) is 16.3. The fraction of sp³-hybridized carbons (Fsp3) is 0.625. The molecule has 1 saturated heterocycles. The molecule has 0 spiro atoms. The molecule has 0 unspecified atom stereocenters. The molecule has 4 N–H and O–H groups in total. The quantitative estimate of drug-likeness (QED) is 0.172. The molecule has 0 radical (unpaired) electrons. The standard InChI is InChI=1S/C16H27BNO8S.Na/c1-14(24-10-15-6-3-2-4-7-15)17(20)25-12-16(11-19,13-26-17)18-8-5-9-27(21,22)23;/h2-4,6-7,14,18-20H,5,8-13H2,1H3,(H,21,22,23);/q-1;+1/t14-,16?,17?;/m0./s1. The molecule has 0 amide bonds. The monoisotopic (exact) mass is 427 g/mol. The second kappa shape index (κ2) is 11.4. The van der Waals surface area contributed by atoms with Crippen LogP contribution in [0.2, 0.25) is 0 Å². The van der Waals surface area contributed by atoms with Gasteiger partial charge in [0, 0.05) is 19.2 Å². The average Bonchev–Trinajstić information content (AvgIpc) is 2.65. The van der Waals surface area contributed by atoms with Gasteiger partial charge in [-0.05, 0) is 18.5 Å². The van der Waals surface area contributed by atoms with Crippen molar-refractivity contribution in [2.45, 2.75) is 31.5 Å². The maximum atomic E-state index is 10.7. The summed E-state index contributed by atoms with van der Waals surface area (Å²) in [4.78, 5) is 0. The summed E-state index contributed by atoms with van der Waals surface area (Å²) in [7, 11) is -4.03. The van der Waals surface area contributed by atoms with Gasteiger partial charge in [-0.25, -0.2) is 0 Å². The Morgan fingerprint density at radius 1 is 1.29 bits per heavy atom. The molecule has 1 fully saturated rings. The summed E-state index contributed by atoms with van der Waals surface area (Å²) in [5.74, 6) is -0.387. The van der Waals surface area contributed by atoms with Crippen molar-refractivity contribution in [3.63, 3.8) is 0 Å². The number of nitrogens with one attached hydrogen (secondary N) is 1. The van der Waals surface area contributed by atoms with Gasteiger partial charge in [0.1, 0.15) is 0 Å². The minimum atomic E-state index is -4.03. The first-order chi connectivity index (χ1) is 12.7. The molecular formula is C16H27BNNaO8S. The maximum Gasteiger partial charge on any atom is 1.00 e. The van der Waals surface area contributed by atoms with E-state index in [1.807, 2.05) is 30.3 Å². The van der Waals surface area contributed by atoms with Crippen LogP contribution in [0.1, 0.15) is 18.9 Å². The van der Waals surface area contributed by atoms with Gasteiger partial charge in [-0.1, -0.05) is 37.3 Å². The second-order valence-electron chi connectivity index (χ2n) is 6.86. The third-order valence-corrected chi connectivity index (χ3v) is 5.33. The Hall–Kier alpha value is -0.0451. The van der Waals surface area contributed by atoms with Gasteiger partial charge in [-0.15, -0.1) is 0 Å². The topological polar surface area (TPSA) is 135 Å². The van der Waals surface area contributed by atoms with E-state index in [0.717, 1.165) is 5.56 Å². The SMILES string of the molecule is C[C@H](OCc1ccccc1)[B-]1(O)OCC(CO)(NCCCS(=O)(=O)O)CO1.[Na+]. The van der Waals surface area contributed by atoms with E-state index in [4.69, 9.17) is 18.6 Å². The third kappa shape index (κ3) is 8.00. The average molecular weight is 427 g/mol. The molecule has 1 aliphatic heterocycles. The predicted molar refractivity (Wildman–Crippen MR) is 99.4 cm³/mol. The Balaban J connectivity index is 0.00000392. The fourth-order valence-corrected chi connectivity index (χ4v) is 3.21. The molecule has 1 atom stereocenters.